The molecule has 178 valence electrons. The van der Waals surface area contributed by atoms with Crippen LogP contribution in [-0.2, 0) is 16.1 Å². The van der Waals surface area contributed by atoms with Crippen molar-refractivity contribution >= 4 is 33.6 Å². The maximum atomic E-state index is 13.6. The summed E-state index contributed by atoms with van der Waals surface area (Å²) >= 11 is 3.17. The molecular weight excluding hydrogens is 515 g/mol. The van der Waals surface area contributed by atoms with E-state index in [9.17, 15) is 22.8 Å². The molecule has 6 nitrogen and oxygen atoms in total. The van der Waals surface area contributed by atoms with Gasteiger partial charge in [0, 0.05) is 11.0 Å². The molecular formula is C24H21BrF3N3O3. The number of benzene rings is 2. The number of carbonyl (C=O) groups is 2. The Morgan fingerprint density at radius 3 is 2.59 bits per heavy atom. The number of likely N-dealkylation sites (tertiary alicyclic amines) is 1. The van der Waals surface area contributed by atoms with E-state index >= 15 is 0 Å². The topological polar surface area (TPSA) is 73.6 Å². The fourth-order valence-corrected chi connectivity index (χ4v) is 4.49. The lowest BCUT2D eigenvalue weighted by molar-refractivity contribution is -0.171. The van der Waals surface area contributed by atoms with E-state index in [1.165, 1.54) is 29.2 Å². The number of nitriles is 1. The number of halogens is 4. The van der Waals surface area contributed by atoms with Crippen LogP contribution in [0.2, 0.25) is 0 Å². The second-order valence-electron chi connectivity index (χ2n) is 7.62. The Morgan fingerprint density at radius 1 is 1.29 bits per heavy atom. The molecule has 34 heavy (non-hydrogen) atoms. The van der Waals surface area contributed by atoms with E-state index in [2.05, 4.69) is 22.5 Å². The lowest BCUT2D eigenvalue weighted by Gasteiger charge is -2.38. The third-order valence-electron chi connectivity index (χ3n) is 5.47. The van der Waals surface area contributed by atoms with Crippen LogP contribution in [0.5, 0.6) is 0 Å². The first-order valence-electron chi connectivity index (χ1n) is 10.4. The van der Waals surface area contributed by atoms with Crippen LogP contribution >= 0.6 is 15.9 Å². The number of ether oxygens (including phenoxy) is 1. The summed E-state index contributed by atoms with van der Waals surface area (Å²) in [7, 11) is 0. The quantitative estimate of drug-likeness (QED) is 0.453. The highest BCUT2D eigenvalue weighted by Gasteiger charge is 2.48. The zero-order chi connectivity index (χ0) is 24.9. The van der Waals surface area contributed by atoms with E-state index in [1.807, 2.05) is 12.1 Å². The Balaban J connectivity index is 1.92. The summed E-state index contributed by atoms with van der Waals surface area (Å²) in [5.74, 6) is -2.10. The first-order valence-corrected chi connectivity index (χ1v) is 11.2. The molecule has 2 aromatic carbocycles. The van der Waals surface area contributed by atoms with Crippen molar-refractivity contribution in [2.75, 3.05) is 11.4 Å². The number of anilines is 1. The van der Waals surface area contributed by atoms with Gasteiger partial charge >= 0.3 is 18.2 Å². The Bertz CT molecular complexity index is 1100. The van der Waals surface area contributed by atoms with Crippen LogP contribution in [-0.4, -0.2) is 41.7 Å². The summed E-state index contributed by atoms with van der Waals surface area (Å²) in [6.07, 6.45) is -3.75. The molecule has 0 aromatic heterocycles. The first kappa shape index (κ1) is 25.3. The van der Waals surface area contributed by atoms with E-state index in [4.69, 9.17) is 10.00 Å². The second-order valence-corrected chi connectivity index (χ2v) is 8.47. The summed E-state index contributed by atoms with van der Waals surface area (Å²) in [4.78, 5) is 27.3. The van der Waals surface area contributed by atoms with Gasteiger partial charge in [-0.2, -0.15) is 18.4 Å². The van der Waals surface area contributed by atoms with Crippen molar-refractivity contribution in [2.24, 2.45) is 0 Å². The van der Waals surface area contributed by atoms with Crippen molar-refractivity contribution in [3.05, 3.63) is 76.8 Å². The molecule has 1 heterocycles. The molecule has 0 spiro atoms. The van der Waals surface area contributed by atoms with Gasteiger partial charge in [0.1, 0.15) is 6.61 Å². The molecule has 0 aliphatic carbocycles. The molecule has 10 heteroatoms. The van der Waals surface area contributed by atoms with Gasteiger partial charge in [-0.25, -0.2) is 4.79 Å². The Labute approximate surface area is 203 Å². The summed E-state index contributed by atoms with van der Waals surface area (Å²) < 4.78 is 46.4. The van der Waals surface area contributed by atoms with E-state index < -0.39 is 30.3 Å². The van der Waals surface area contributed by atoms with Crippen molar-refractivity contribution in [3.8, 4) is 6.07 Å². The number of amides is 2. The Kier molecular flexibility index (Phi) is 7.99. The van der Waals surface area contributed by atoms with Crippen LogP contribution in [0.25, 0.3) is 0 Å². The molecule has 0 saturated carbocycles. The van der Waals surface area contributed by atoms with Crippen LogP contribution in [0, 0.1) is 11.3 Å². The summed E-state index contributed by atoms with van der Waals surface area (Å²) in [5.41, 5.74) is 0.884. The molecule has 2 amide bonds. The minimum absolute atomic E-state index is 0.00795. The molecule has 0 radical (unpaired) electrons. The van der Waals surface area contributed by atoms with Gasteiger partial charge in [0.25, 0.3) is 0 Å². The van der Waals surface area contributed by atoms with Gasteiger partial charge in [0.05, 0.1) is 29.4 Å². The van der Waals surface area contributed by atoms with Gasteiger partial charge in [0.15, 0.2) is 0 Å². The van der Waals surface area contributed by atoms with Crippen molar-refractivity contribution in [3.63, 3.8) is 0 Å². The number of hydrogen-bond acceptors (Lipinski definition) is 4. The number of nitrogens with zero attached hydrogens (tertiary/aromatic N) is 3. The van der Waals surface area contributed by atoms with E-state index in [0.717, 1.165) is 5.56 Å². The zero-order valence-electron chi connectivity index (χ0n) is 18.0. The number of carbonyl (C=O) groups excluding carboxylic acids is 2. The van der Waals surface area contributed by atoms with Gasteiger partial charge in [-0.3, -0.25) is 9.69 Å². The van der Waals surface area contributed by atoms with Crippen molar-refractivity contribution in [1.29, 1.82) is 5.26 Å². The molecule has 1 aliphatic rings. The predicted molar refractivity (Wildman–Crippen MR) is 123 cm³/mol. The molecule has 1 saturated heterocycles. The minimum Gasteiger partial charge on any atom is -0.445 e. The van der Waals surface area contributed by atoms with Crippen LogP contribution in [0.4, 0.5) is 23.7 Å². The highest BCUT2D eigenvalue weighted by Crippen LogP contribution is 2.36. The lowest BCUT2D eigenvalue weighted by Crippen LogP contribution is -2.55. The average molecular weight is 536 g/mol. The van der Waals surface area contributed by atoms with Crippen LogP contribution in [0.15, 0.2) is 65.7 Å². The molecule has 2 aromatic rings. The van der Waals surface area contributed by atoms with Gasteiger partial charge in [-0.1, -0.05) is 36.4 Å². The first-order chi connectivity index (χ1) is 16.2. The van der Waals surface area contributed by atoms with Crippen molar-refractivity contribution in [2.45, 2.75) is 37.7 Å². The predicted octanol–water partition coefficient (Wildman–Crippen LogP) is 5.57. The number of rotatable bonds is 6. The molecule has 1 fully saturated rings. The second kappa shape index (κ2) is 10.7. The normalized spacial score (nSPS) is 16.4. The standard InChI is InChI=1S/C24H21BrF3N3O3/c1-2-19(21-9-6-12-30(21)23(33)34-15-16-7-4-3-5-8-16)31(22(32)24(26,27)28)20-11-10-17(14-29)13-18(20)25/h2-5,7-8,10-11,13,19,21H,1,6,9,12,15H2/t19-,21?/m1/s1. The highest BCUT2D eigenvalue weighted by molar-refractivity contribution is 9.10. The van der Waals surface area contributed by atoms with E-state index in [-0.39, 0.29) is 28.9 Å². The largest absolute Gasteiger partial charge is 0.471 e. The van der Waals surface area contributed by atoms with Gasteiger partial charge in [0.2, 0.25) is 0 Å². The number of alkyl halides is 3. The molecule has 0 bridgehead atoms. The van der Waals surface area contributed by atoms with Crippen LogP contribution in [0.3, 0.4) is 0 Å². The maximum absolute atomic E-state index is 13.6. The SMILES string of the molecule is C=C[C@H](C1CCCN1C(=O)OCc1ccccc1)N(C(=O)C(F)(F)F)c1ccc(C#N)cc1Br. The third kappa shape index (κ3) is 5.59. The van der Waals surface area contributed by atoms with E-state index in [1.54, 1.807) is 24.3 Å². The van der Waals surface area contributed by atoms with Crippen LogP contribution < -0.4 is 4.90 Å². The molecule has 3 rings (SSSR count). The van der Waals surface area contributed by atoms with Gasteiger partial charge in [-0.05, 0) is 52.5 Å². The Hall–Kier alpha value is -3.32. The summed E-state index contributed by atoms with van der Waals surface area (Å²) in [6, 6.07) is 12.8. The monoisotopic (exact) mass is 535 g/mol. The average Bonchev–Trinajstić information content (AvgIpc) is 3.30. The summed E-state index contributed by atoms with van der Waals surface area (Å²) in [6.45, 7) is 3.94. The van der Waals surface area contributed by atoms with Gasteiger partial charge < -0.3 is 9.64 Å². The highest BCUT2D eigenvalue weighted by atomic mass is 79.9. The molecule has 2 atom stereocenters. The van der Waals surface area contributed by atoms with Crippen molar-refractivity contribution < 1.29 is 27.5 Å². The molecule has 0 N–H and O–H groups in total. The lowest BCUT2D eigenvalue weighted by atomic mass is 10.0. The molecule has 1 aliphatic heterocycles. The fraction of sp³-hybridized carbons (Fsp3) is 0.292. The third-order valence-corrected chi connectivity index (χ3v) is 6.11. The minimum atomic E-state index is -5.17. The maximum Gasteiger partial charge on any atom is 0.471 e. The van der Waals surface area contributed by atoms with E-state index in [0.29, 0.717) is 17.7 Å². The van der Waals surface area contributed by atoms with Crippen LogP contribution in [0.1, 0.15) is 24.0 Å². The van der Waals surface area contributed by atoms with Crippen molar-refractivity contribution in [1.82, 2.24) is 4.90 Å². The fourth-order valence-electron chi connectivity index (χ4n) is 3.92. The summed E-state index contributed by atoms with van der Waals surface area (Å²) in [5, 5.41) is 9.08. The number of hydrogen-bond donors (Lipinski definition) is 0. The Morgan fingerprint density at radius 2 is 2.00 bits per heavy atom. The smallest absolute Gasteiger partial charge is 0.445 e. The zero-order valence-corrected chi connectivity index (χ0v) is 19.6. The van der Waals surface area contributed by atoms with Gasteiger partial charge in [-0.15, -0.1) is 6.58 Å². The molecule has 1 unspecified atom stereocenters.